The Morgan fingerprint density at radius 3 is 2.36 bits per heavy atom. The first-order valence-electron chi connectivity index (χ1n) is 6.99. The Balaban J connectivity index is 1.98. The second-order valence-electron chi connectivity index (χ2n) is 5.34. The van der Waals surface area contributed by atoms with E-state index in [1.54, 1.807) is 6.07 Å². The molecule has 0 spiro atoms. The minimum absolute atomic E-state index is 0.0419. The van der Waals surface area contributed by atoms with Gasteiger partial charge in [-0.15, -0.1) is 0 Å². The third-order valence-electron chi connectivity index (χ3n) is 3.62. The monoisotopic (exact) mass is 355 g/mol. The zero-order chi connectivity index (χ0) is 15.7. The van der Waals surface area contributed by atoms with Crippen LogP contribution in [0.5, 0.6) is 0 Å². The molecule has 0 N–H and O–H groups in total. The third kappa shape index (κ3) is 3.30. The molecule has 0 bridgehead atoms. The molecule has 1 fully saturated rings. The number of halogens is 2. The maximum absolute atomic E-state index is 13.0. The molecule has 6 heteroatoms. The molecule has 0 aliphatic heterocycles. The van der Waals surface area contributed by atoms with Crippen LogP contribution in [-0.4, -0.2) is 18.8 Å². The van der Waals surface area contributed by atoms with E-state index in [1.165, 1.54) is 16.4 Å². The predicted octanol–water partition coefficient (Wildman–Crippen LogP) is 4.35. The summed E-state index contributed by atoms with van der Waals surface area (Å²) in [6.45, 7) is 0.344. The summed E-state index contributed by atoms with van der Waals surface area (Å²) in [7, 11) is -3.67. The normalized spacial score (nSPS) is 15.2. The van der Waals surface area contributed by atoms with Gasteiger partial charge in [0.05, 0.1) is 5.02 Å². The quantitative estimate of drug-likeness (QED) is 0.799. The molecule has 0 radical (unpaired) electrons. The van der Waals surface area contributed by atoms with Crippen molar-refractivity contribution in [2.45, 2.75) is 30.3 Å². The van der Waals surface area contributed by atoms with Gasteiger partial charge in [-0.05, 0) is 36.6 Å². The zero-order valence-electron chi connectivity index (χ0n) is 11.7. The number of hydrogen-bond donors (Lipinski definition) is 0. The molecule has 1 saturated carbocycles. The molecular weight excluding hydrogens is 341 g/mol. The van der Waals surface area contributed by atoms with E-state index in [1.807, 2.05) is 30.3 Å². The topological polar surface area (TPSA) is 37.4 Å². The minimum Gasteiger partial charge on any atom is -0.207 e. The lowest BCUT2D eigenvalue weighted by Gasteiger charge is -2.22. The van der Waals surface area contributed by atoms with E-state index >= 15 is 0 Å². The highest BCUT2D eigenvalue weighted by Gasteiger charge is 2.38. The van der Waals surface area contributed by atoms with Gasteiger partial charge in [-0.25, -0.2) is 8.42 Å². The summed E-state index contributed by atoms with van der Waals surface area (Å²) in [6, 6.07) is 14.1. The van der Waals surface area contributed by atoms with E-state index in [9.17, 15) is 8.42 Å². The maximum Gasteiger partial charge on any atom is 0.245 e. The average Bonchev–Trinajstić information content (AvgIpc) is 3.32. The lowest BCUT2D eigenvalue weighted by Crippen LogP contribution is -2.32. The van der Waals surface area contributed by atoms with Crippen LogP contribution in [0.1, 0.15) is 18.4 Å². The molecule has 1 aliphatic carbocycles. The second-order valence-corrected chi connectivity index (χ2v) is 8.04. The molecule has 3 nitrogen and oxygen atoms in total. The Hall–Kier alpha value is -1.07. The number of sulfonamides is 1. The number of rotatable bonds is 5. The van der Waals surface area contributed by atoms with Gasteiger partial charge in [-0.2, -0.15) is 4.31 Å². The summed E-state index contributed by atoms with van der Waals surface area (Å²) in [5.74, 6) is 0. The summed E-state index contributed by atoms with van der Waals surface area (Å²) in [5.41, 5.74) is 0.955. The summed E-state index contributed by atoms with van der Waals surface area (Å²) in [4.78, 5) is 0.0736. The van der Waals surface area contributed by atoms with Crippen LogP contribution in [0.2, 0.25) is 10.0 Å². The van der Waals surface area contributed by atoms with E-state index in [0.29, 0.717) is 11.6 Å². The van der Waals surface area contributed by atoms with Crippen LogP contribution < -0.4 is 0 Å². The lowest BCUT2D eigenvalue weighted by atomic mass is 10.2. The second kappa shape index (κ2) is 6.20. The maximum atomic E-state index is 13.0. The highest BCUT2D eigenvalue weighted by atomic mass is 35.5. The molecular formula is C16H15Cl2NO2S. The SMILES string of the molecule is O=S(=O)(c1cc(Cl)ccc1Cl)N(Cc1ccccc1)C1CC1. The molecule has 0 aromatic heterocycles. The first kappa shape index (κ1) is 15.8. The van der Waals surface area contributed by atoms with Crippen molar-refractivity contribution in [2.24, 2.45) is 0 Å². The minimum atomic E-state index is -3.67. The number of benzene rings is 2. The van der Waals surface area contributed by atoms with E-state index < -0.39 is 10.0 Å². The van der Waals surface area contributed by atoms with Crippen molar-refractivity contribution in [1.82, 2.24) is 4.31 Å². The first-order valence-corrected chi connectivity index (χ1v) is 9.19. The fourth-order valence-electron chi connectivity index (χ4n) is 2.34. The van der Waals surface area contributed by atoms with Gasteiger partial charge in [-0.1, -0.05) is 53.5 Å². The van der Waals surface area contributed by atoms with Crippen LogP contribution in [0.4, 0.5) is 0 Å². The molecule has 1 aliphatic rings. The Morgan fingerprint density at radius 1 is 1.05 bits per heavy atom. The average molecular weight is 356 g/mol. The molecule has 2 aromatic rings. The van der Waals surface area contributed by atoms with Crippen LogP contribution in [0.3, 0.4) is 0 Å². The van der Waals surface area contributed by atoms with Crippen LogP contribution in [0, 0.1) is 0 Å². The fourth-order valence-corrected chi connectivity index (χ4v) is 4.75. The van der Waals surface area contributed by atoms with Crippen molar-refractivity contribution in [3.8, 4) is 0 Å². The number of nitrogens with zero attached hydrogens (tertiary/aromatic N) is 1. The van der Waals surface area contributed by atoms with Crippen molar-refractivity contribution in [2.75, 3.05) is 0 Å². The molecule has 0 unspecified atom stereocenters. The van der Waals surface area contributed by atoms with E-state index in [0.717, 1.165) is 18.4 Å². The molecule has 0 heterocycles. The first-order chi connectivity index (χ1) is 10.5. The van der Waals surface area contributed by atoms with Gasteiger partial charge in [0.15, 0.2) is 0 Å². The smallest absolute Gasteiger partial charge is 0.207 e. The van der Waals surface area contributed by atoms with Gasteiger partial charge < -0.3 is 0 Å². The standard InChI is InChI=1S/C16H15Cl2NO2S/c17-13-6-9-15(18)16(10-13)22(20,21)19(14-7-8-14)11-12-4-2-1-3-5-12/h1-6,9-10,14H,7-8,11H2. The van der Waals surface area contributed by atoms with Gasteiger partial charge in [-0.3, -0.25) is 0 Å². The number of hydrogen-bond acceptors (Lipinski definition) is 2. The van der Waals surface area contributed by atoms with Crippen LogP contribution in [0.15, 0.2) is 53.4 Å². The van der Waals surface area contributed by atoms with Crippen molar-refractivity contribution in [3.63, 3.8) is 0 Å². The van der Waals surface area contributed by atoms with E-state index in [2.05, 4.69) is 0 Å². The largest absolute Gasteiger partial charge is 0.245 e. The van der Waals surface area contributed by atoms with Crippen molar-refractivity contribution < 1.29 is 8.42 Å². The molecule has 22 heavy (non-hydrogen) atoms. The van der Waals surface area contributed by atoms with Gasteiger partial charge in [0.25, 0.3) is 0 Å². The van der Waals surface area contributed by atoms with Crippen LogP contribution in [-0.2, 0) is 16.6 Å². The Bertz CT molecular complexity index is 774. The van der Waals surface area contributed by atoms with E-state index in [-0.39, 0.29) is 16.0 Å². The van der Waals surface area contributed by atoms with Gasteiger partial charge in [0.2, 0.25) is 10.0 Å². The Kier molecular flexibility index (Phi) is 4.46. The van der Waals surface area contributed by atoms with Crippen molar-refractivity contribution >= 4 is 33.2 Å². The zero-order valence-corrected chi connectivity index (χ0v) is 14.1. The van der Waals surface area contributed by atoms with Gasteiger partial charge in [0, 0.05) is 17.6 Å². The van der Waals surface area contributed by atoms with Gasteiger partial charge >= 0.3 is 0 Å². The van der Waals surface area contributed by atoms with E-state index in [4.69, 9.17) is 23.2 Å². The highest BCUT2D eigenvalue weighted by molar-refractivity contribution is 7.89. The summed E-state index contributed by atoms with van der Waals surface area (Å²) < 4.78 is 27.5. The fraction of sp³-hybridized carbons (Fsp3) is 0.250. The Morgan fingerprint density at radius 2 is 1.73 bits per heavy atom. The molecule has 3 rings (SSSR count). The molecule has 0 atom stereocenters. The van der Waals surface area contributed by atoms with Crippen molar-refractivity contribution in [1.29, 1.82) is 0 Å². The third-order valence-corrected chi connectivity index (χ3v) is 6.23. The van der Waals surface area contributed by atoms with Crippen LogP contribution >= 0.6 is 23.2 Å². The summed E-state index contributed by atoms with van der Waals surface area (Å²) >= 11 is 12.0. The van der Waals surface area contributed by atoms with Crippen molar-refractivity contribution in [3.05, 3.63) is 64.1 Å². The molecule has 0 saturated heterocycles. The molecule has 2 aromatic carbocycles. The van der Waals surface area contributed by atoms with Crippen LogP contribution in [0.25, 0.3) is 0 Å². The summed E-state index contributed by atoms with van der Waals surface area (Å²) in [6.07, 6.45) is 1.76. The van der Waals surface area contributed by atoms with Gasteiger partial charge in [0.1, 0.15) is 4.90 Å². The molecule has 116 valence electrons. The lowest BCUT2D eigenvalue weighted by molar-refractivity contribution is 0.398. The molecule has 0 amide bonds. The Labute approximate surface area is 140 Å². The summed E-state index contributed by atoms with van der Waals surface area (Å²) in [5, 5.41) is 0.557. The predicted molar refractivity (Wildman–Crippen MR) is 88.7 cm³/mol. The highest BCUT2D eigenvalue weighted by Crippen LogP contribution is 2.36.